The molecule has 0 aliphatic rings. The first kappa shape index (κ1) is 10.6. The Morgan fingerprint density at radius 2 is 2.07 bits per heavy atom. The lowest BCUT2D eigenvalue weighted by atomic mass is 10.2. The Balaban J connectivity index is 2.50. The fourth-order valence-corrected chi connectivity index (χ4v) is 0.860. The summed E-state index contributed by atoms with van der Waals surface area (Å²) < 4.78 is 5.29. The van der Waals surface area contributed by atoms with Crippen molar-refractivity contribution in [2.75, 3.05) is 6.61 Å². The van der Waals surface area contributed by atoms with Crippen molar-refractivity contribution in [2.24, 2.45) is 5.92 Å². The lowest BCUT2D eigenvalue weighted by molar-refractivity contribution is -0.107. The zero-order valence-electron chi connectivity index (χ0n) is 8.43. The van der Waals surface area contributed by atoms with E-state index >= 15 is 0 Å². The SMILES string of the molecule is CC(C)COc1ncc(CC=O)cn1. The molecular formula is C10H14N2O2. The Labute approximate surface area is 83.3 Å². The van der Waals surface area contributed by atoms with Crippen LogP contribution in [0.2, 0.25) is 0 Å². The quantitative estimate of drug-likeness (QED) is 0.662. The van der Waals surface area contributed by atoms with E-state index in [2.05, 4.69) is 23.8 Å². The van der Waals surface area contributed by atoms with Gasteiger partial charge in [0.15, 0.2) is 0 Å². The second-order valence-electron chi connectivity index (χ2n) is 3.45. The van der Waals surface area contributed by atoms with E-state index in [9.17, 15) is 4.79 Å². The Kier molecular flexibility index (Phi) is 4.04. The molecule has 0 fully saturated rings. The topological polar surface area (TPSA) is 52.1 Å². The van der Waals surface area contributed by atoms with Gasteiger partial charge in [0.1, 0.15) is 6.29 Å². The van der Waals surface area contributed by atoms with Crippen molar-refractivity contribution < 1.29 is 9.53 Å². The number of hydrogen-bond acceptors (Lipinski definition) is 4. The molecular weight excluding hydrogens is 180 g/mol. The Bertz CT molecular complexity index is 283. The van der Waals surface area contributed by atoms with Crippen molar-refractivity contribution in [3.8, 4) is 6.01 Å². The molecule has 1 rings (SSSR count). The van der Waals surface area contributed by atoms with Gasteiger partial charge in [0.2, 0.25) is 0 Å². The van der Waals surface area contributed by atoms with Crippen LogP contribution in [0.25, 0.3) is 0 Å². The number of nitrogens with zero attached hydrogens (tertiary/aromatic N) is 2. The molecule has 76 valence electrons. The second-order valence-corrected chi connectivity index (χ2v) is 3.45. The summed E-state index contributed by atoms with van der Waals surface area (Å²) in [4.78, 5) is 18.1. The molecule has 1 heterocycles. The summed E-state index contributed by atoms with van der Waals surface area (Å²) in [5.41, 5.74) is 0.803. The molecule has 0 aromatic carbocycles. The third-order valence-corrected chi connectivity index (χ3v) is 1.55. The molecule has 0 bridgehead atoms. The van der Waals surface area contributed by atoms with Crippen LogP contribution in [0.15, 0.2) is 12.4 Å². The van der Waals surface area contributed by atoms with Crippen LogP contribution in [0.4, 0.5) is 0 Å². The summed E-state index contributed by atoms with van der Waals surface area (Å²) in [5, 5.41) is 0. The van der Waals surface area contributed by atoms with Crippen molar-refractivity contribution in [1.29, 1.82) is 0 Å². The van der Waals surface area contributed by atoms with Gasteiger partial charge in [0, 0.05) is 18.8 Å². The third kappa shape index (κ3) is 3.51. The first-order valence-corrected chi connectivity index (χ1v) is 4.59. The molecule has 0 amide bonds. The predicted octanol–water partition coefficient (Wildman–Crippen LogP) is 1.25. The van der Waals surface area contributed by atoms with Crippen LogP contribution >= 0.6 is 0 Å². The average Bonchev–Trinajstić information content (AvgIpc) is 2.17. The first-order valence-electron chi connectivity index (χ1n) is 4.59. The van der Waals surface area contributed by atoms with E-state index in [1.165, 1.54) is 0 Å². The summed E-state index contributed by atoms with van der Waals surface area (Å²) in [6.45, 7) is 4.72. The van der Waals surface area contributed by atoms with E-state index in [-0.39, 0.29) is 0 Å². The van der Waals surface area contributed by atoms with Gasteiger partial charge in [-0.25, -0.2) is 9.97 Å². The number of aldehydes is 1. The maximum absolute atomic E-state index is 10.2. The first-order chi connectivity index (χ1) is 6.72. The van der Waals surface area contributed by atoms with Gasteiger partial charge in [0.25, 0.3) is 0 Å². The molecule has 4 heteroatoms. The van der Waals surface area contributed by atoms with E-state index in [1.807, 2.05) is 0 Å². The molecule has 0 aliphatic heterocycles. The molecule has 1 aromatic heterocycles. The van der Waals surface area contributed by atoms with Crippen LogP contribution in [0.3, 0.4) is 0 Å². The average molecular weight is 194 g/mol. The highest BCUT2D eigenvalue weighted by atomic mass is 16.5. The number of rotatable bonds is 5. The molecule has 4 nitrogen and oxygen atoms in total. The van der Waals surface area contributed by atoms with Crippen molar-refractivity contribution in [2.45, 2.75) is 20.3 Å². The van der Waals surface area contributed by atoms with Gasteiger partial charge in [0.05, 0.1) is 6.61 Å². The maximum Gasteiger partial charge on any atom is 0.316 e. The molecule has 0 saturated carbocycles. The lowest BCUT2D eigenvalue weighted by Crippen LogP contribution is -2.07. The smallest absolute Gasteiger partial charge is 0.316 e. The van der Waals surface area contributed by atoms with Gasteiger partial charge < -0.3 is 9.53 Å². The monoisotopic (exact) mass is 194 g/mol. The number of aromatic nitrogens is 2. The van der Waals surface area contributed by atoms with Crippen molar-refractivity contribution in [3.63, 3.8) is 0 Å². The van der Waals surface area contributed by atoms with E-state index in [1.54, 1.807) is 12.4 Å². The fourth-order valence-electron chi connectivity index (χ4n) is 0.860. The molecule has 1 aromatic rings. The van der Waals surface area contributed by atoms with Crippen LogP contribution in [0.1, 0.15) is 19.4 Å². The molecule has 0 unspecified atom stereocenters. The normalized spacial score (nSPS) is 10.2. The minimum absolute atomic E-state index is 0.352. The number of ether oxygens (including phenoxy) is 1. The van der Waals surface area contributed by atoms with Gasteiger partial charge in [-0.2, -0.15) is 0 Å². The van der Waals surface area contributed by atoms with Crippen LogP contribution < -0.4 is 4.74 Å². The standard InChI is InChI=1S/C10H14N2O2/c1-8(2)7-14-10-11-5-9(3-4-13)6-12-10/h4-6,8H,3,7H2,1-2H3. The third-order valence-electron chi connectivity index (χ3n) is 1.55. The van der Waals surface area contributed by atoms with Gasteiger partial charge in [-0.15, -0.1) is 0 Å². The zero-order chi connectivity index (χ0) is 10.4. The second kappa shape index (κ2) is 5.32. The van der Waals surface area contributed by atoms with E-state index in [4.69, 9.17) is 4.74 Å². The van der Waals surface area contributed by atoms with Crippen molar-refractivity contribution >= 4 is 6.29 Å². The fraction of sp³-hybridized carbons (Fsp3) is 0.500. The molecule has 0 atom stereocenters. The van der Waals surface area contributed by atoms with Crippen molar-refractivity contribution in [1.82, 2.24) is 9.97 Å². The largest absolute Gasteiger partial charge is 0.463 e. The molecule has 0 radical (unpaired) electrons. The summed E-state index contributed by atoms with van der Waals surface area (Å²) in [6.07, 6.45) is 4.39. The Morgan fingerprint density at radius 1 is 1.43 bits per heavy atom. The molecule has 0 spiro atoms. The molecule has 14 heavy (non-hydrogen) atoms. The van der Waals surface area contributed by atoms with Gasteiger partial charge in [-0.3, -0.25) is 0 Å². The van der Waals surface area contributed by atoms with Gasteiger partial charge >= 0.3 is 6.01 Å². The van der Waals surface area contributed by atoms with Crippen LogP contribution in [-0.4, -0.2) is 22.9 Å². The van der Waals surface area contributed by atoms with Crippen LogP contribution in [0.5, 0.6) is 6.01 Å². The minimum atomic E-state index is 0.352. The molecule has 0 aliphatic carbocycles. The highest BCUT2D eigenvalue weighted by molar-refractivity contribution is 5.54. The maximum atomic E-state index is 10.2. The Hall–Kier alpha value is -1.45. The van der Waals surface area contributed by atoms with Gasteiger partial charge in [-0.05, 0) is 11.5 Å². The van der Waals surface area contributed by atoms with Crippen molar-refractivity contribution in [3.05, 3.63) is 18.0 Å². The Morgan fingerprint density at radius 3 is 2.57 bits per heavy atom. The molecule has 0 N–H and O–H groups in total. The number of carbonyl (C=O) groups is 1. The highest BCUT2D eigenvalue weighted by Gasteiger charge is 2.00. The zero-order valence-corrected chi connectivity index (χ0v) is 8.43. The number of hydrogen-bond donors (Lipinski definition) is 0. The summed E-state index contributed by atoms with van der Waals surface area (Å²) >= 11 is 0. The van der Waals surface area contributed by atoms with Crippen LogP contribution in [0, 0.1) is 5.92 Å². The highest BCUT2D eigenvalue weighted by Crippen LogP contribution is 2.04. The summed E-state index contributed by atoms with van der Waals surface area (Å²) in [7, 11) is 0. The predicted molar refractivity (Wildman–Crippen MR) is 52.1 cm³/mol. The van der Waals surface area contributed by atoms with E-state index in [0.717, 1.165) is 11.8 Å². The van der Waals surface area contributed by atoms with E-state index < -0.39 is 0 Å². The number of carbonyl (C=O) groups excluding carboxylic acids is 1. The van der Waals surface area contributed by atoms with E-state index in [0.29, 0.717) is 25.0 Å². The summed E-state index contributed by atoms with van der Waals surface area (Å²) in [5.74, 6) is 0.452. The minimum Gasteiger partial charge on any atom is -0.463 e. The summed E-state index contributed by atoms with van der Waals surface area (Å²) in [6, 6.07) is 0.369. The molecule has 0 saturated heterocycles. The lowest BCUT2D eigenvalue weighted by Gasteiger charge is -2.06. The van der Waals surface area contributed by atoms with Crippen LogP contribution in [-0.2, 0) is 11.2 Å². The van der Waals surface area contributed by atoms with Gasteiger partial charge in [-0.1, -0.05) is 13.8 Å².